The van der Waals surface area contributed by atoms with Gasteiger partial charge in [-0.3, -0.25) is 9.78 Å². The van der Waals surface area contributed by atoms with Crippen molar-refractivity contribution in [1.29, 1.82) is 0 Å². The first-order valence-electron chi connectivity index (χ1n) is 7.55. The van der Waals surface area contributed by atoms with Crippen LogP contribution in [0.4, 0.5) is 4.39 Å². The lowest BCUT2D eigenvalue weighted by Gasteiger charge is -2.04. The molecule has 4 nitrogen and oxygen atoms in total. The van der Waals surface area contributed by atoms with Crippen molar-refractivity contribution in [2.45, 2.75) is 13.3 Å². The summed E-state index contributed by atoms with van der Waals surface area (Å²) in [5, 5.41) is 3.68. The van der Waals surface area contributed by atoms with Gasteiger partial charge in [-0.1, -0.05) is 12.1 Å². The van der Waals surface area contributed by atoms with E-state index in [4.69, 9.17) is 0 Å². The summed E-state index contributed by atoms with van der Waals surface area (Å²) in [4.78, 5) is 22.0. The normalized spacial score (nSPS) is 10.6. The number of carbonyl (C=O) groups is 1. The molecule has 2 heterocycles. The van der Waals surface area contributed by atoms with Gasteiger partial charge < -0.3 is 5.32 Å². The number of hydrogen-bond donors (Lipinski definition) is 1. The highest BCUT2D eigenvalue weighted by Crippen LogP contribution is 2.26. The van der Waals surface area contributed by atoms with Gasteiger partial charge in [0, 0.05) is 29.6 Å². The molecule has 0 spiro atoms. The third kappa shape index (κ3) is 3.83. The summed E-state index contributed by atoms with van der Waals surface area (Å²) in [5.74, 6) is -0.692. The highest BCUT2D eigenvalue weighted by molar-refractivity contribution is 7.15. The summed E-state index contributed by atoms with van der Waals surface area (Å²) < 4.78 is 13.1. The highest BCUT2D eigenvalue weighted by atomic mass is 32.1. The fourth-order valence-corrected chi connectivity index (χ4v) is 3.32. The molecule has 1 N–H and O–H groups in total. The number of aromatic nitrogens is 2. The van der Waals surface area contributed by atoms with E-state index in [9.17, 15) is 9.18 Å². The van der Waals surface area contributed by atoms with Crippen LogP contribution in [0.1, 0.15) is 20.9 Å². The highest BCUT2D eigenvalue weighted by Gasteiger charge is 2.11. The van der Waals surface area contributed by atoms with Gasteiger partial charge in [-0.2, -0.15) is 0 Å². The van der Waals surface area contributed by atoms with Crippen molar-refractivity contribution in [3.8, 4) is 10.7 Å². The van der Waals surface area contributed by atoms with E-state index in [-0.39, 0.29) is 5.91 Å². The Morgan fingerprint density at radius 2 is 2.12 bits per heavy atom. The fraction of sp³-hybridized carbons (Fsp3) is 0.167. The molecule has 0 saturated carbocycles. The van der Waals surface area contributed by atoms with E-state index in [0.717, 1.165) is 21.3 Å². The van der Waals surface area contributed by atoms with Gasteiger partial charge in [0.2, 0.25) is 0 Å². The van der Waals surface area contributed by atoms with Crippen molar-refractivity contribution in [3.63, 3.8) is 0 Å². The fourth-order valence-electron chi connectivity index (χ4n) is 2.28. The molecule has 0 aliphatic heterocycles. The molecule has 0 fully saturated rings. The molecule has 3 rings (SSSR count). The predicted octanol–water partition coefficient (Wildman–Crippen LogP) is 3.63. The zero-order valence-electron chi connectivity index (χ0n) is 13.1. The number of carbonyl (C=O) groups excluding carboxylic acids is 1. The van der Waals surface area contributed by atoms with Crippen molar-refractivity contribution in [2.75, 3.05) is 6.54 Å². The lowest BCUT2D eigenvalue weighted by molar-refractivity contribution is 0.0953. The number of rotatable bonds is 5. The first-order valence-corrected chi connectivity index (χ1v) is 8.36. The van der Waals surface area contributed by atoms with E-state index in [1.165, 1.54) is 18.2 Å². The van der Waals surface area contributed by atoms with Crippen LogP contribution >= 0.6 is 11.3 Å². The maximum atomic E-state index is 13.1. The molecular formula is C18H16FN3OS. The number of thiazole rings is 1. The van der Waals surface area contributed by atoms with Gasteiger partial charge in [0.15, 0.2) is 0 Å². The van der Waals surface area contributed by atoms with E-state index >= 15 is 0 Å². The maximum absolute atomic E-state index is 13.1. The second-order valence-electron chi connectivity index (χ2n) is 5.26. The molecule has 0 bridgehead atoms. The Hall–Kier alpha value is -2.60. The summed E-state index contributed by atoms with van der Waals surface area (Å²) >= 11 is 1.58. The SMILES string of the molecule is Cc1nc(-c2ccccn2)sc1CCNC(=O)c1cccc(F)c1. The van der Waals surface area contributed by atoms with Gasteiger partial charge >= 0.3 is 0 Å². The Morgan fingerprint density at radius 1 is 1.25 bits per heavy atom. The van der Waals surface area contributed by atoms with Gasteiger partial charge in [-0.25, -0.2) is 9.37 Å². The number of hydrogen-bond acceptors (Lipinski definition) is 4. The first-order chi connectivity index (χ1) is 11.6. The van der Waals surface area contributed by atoms with E-state index in [1.54, 1.807) is 23.6 Å². The number of pyridine rings is 1. The molecule has 3 aromatic rings. The number of aryl methyl sites for hydroxylation is 1. The smallest absolute Gasteiger partial charge is 0.251 e. The molecule has 1 aromatic carbocycles. The standard InChI is InChI=1S/C18H16FN3OS/c1-12-16(24-18(22-12)15-7-2-3-9-20-15)8-10-21-17(23)13-5-4-6-14(19)11-13/h2-7,9,11H,8,10H2,1H3,(H,21,23). The lowest BCUT2D eigenvalue weighted by atomic mass is 10.2. The maximum Gasteiger partial charge on any atom is 0.251 e. The summed E-state index contributed by atoms with van der Waals surface area (Å²) in [6.07, 6.45) is 2.42. The zero-order chi connectivity index (χ0) is 16.9. The molecule has 122 valence electrons. The van der Waals surface area contributed by atoms with Crippen molar-refractivity contribution < 1.29 is 9.18 Å². The Kier molecular flexibility index (Phi) is 4.96. The Labute approximate surface area is 143 Å². The van der Waals surface area contributed by atoms with Crippen LogP contribution in [0.3, 0.4) is 0 Å². The molecule has 0 aliphatic rings. The molecule has 24 heavy (non-hydrogen) atoms. The van der Waals surface area contributed by atoms with Crippen molar-refractivity contribution in [3.05, 3.63) is 70.6 Å². The van der Waals surface area contributed by atoms with E-state index in [2.05, 4.69) is 15.3 Å². The van der Waals surface area contributed by atoms with E-state index in [1.807, 2.05) is 25.1 Å². The Morgan fingerprint density at radius 3 is 2.88 bits per heavy atom. The molecule has 1 amide bonds. The van der Waals surface area contributed by atoms with Crippen LogP contribution in [-0.4, -0.2) is 22.4 Å². The van der Waals surface area contributed by atoms with Crippen LogP contribution in [0, 0.1) is 12.7 Å². The molecule has 2 aromatic heterocycles. The van der Waals surface area contributed by atoms with E-state index in [0.29, 0.717) is 18.5 Å². The summed E-state index contributed by atoms with van der Waals surface area (Å²) in [5.41, 5.74) is 2.12. The molecule has 0 unspecified atom stereocenters. The minimum Gasteiger partial charge on any atom is -0.352 e. The van der Waals surface area contributed by atoms with Crippen LogP contribution in [-0.2, 0) is 6.42 Å². The van der Waals surface area contributed by atoms with Crippen molar-refractivity contribution in [2.24, 2.45) is 0 Å². The molecule has 0 radical (unpaired) electrons. The Bertz CT molecular complexity index is 848. The van der Waals surface area contributed by atoms with Gasteiger partial charge in [0.05, 0.1) is 11.4 Å². The number of halogens is 1. The quantitative estimate of drug-likeness (QED) is 0.771. The molecular weight excluding hydrogens is 325 g/mol. The topological polar surface area (TPSA) is 54.9 Å². The molecule has 0 atom stereocenters. The van der Waals surface area contributed by atoms with Gasteiger partial charge in [-0.15, -0.1) is 11.3 Å². The number of nitrogens with zero attached hydrogens (tertiary/aromatic N) is 2. The second kappa shape index (κ2) is 7.31. The third-order valence-corrected chi connectivity index (χ3v) is 4.74. The van der Waals surface area contributed by atoms with E-state index < -0.39 is 5.82 Å². The molecule has 6 heteroatoms. The summed E-state index contributed by atoms with van der Waals surface area (Å²) in [6.45, 7) is 2.42. The average Bonchev–Trinajstić information content (AvgIpc) is 2.96. The van der Waals surface area contributed by atoms with Crippen LogP contribution in [0.5, 0.6) is 0 Å². The molecule has 0 saturated heterocycles. The third-order valence-electron chi connectivity index (χ3n) is 3.50. The van der Waals surface area contributed by atoms with Gasteiger partial charge in [0.1, 0.15) is 10.8 Å². The summed E-state index contributed by atoms with van der Waals surface area (Å²) in [6, 6.07) is 11.4. The predicted molar refractivity (Wildman–Crippen MR) is 92.5 cm³/mol. The van der Waals surface area contributed by atoms with Crippen molar-refractivity contribution >= 4 is 17.2 Å². The van der Waals surface area contributed by atoms with Crippen molar-refractivity contribution in [1.82, 2.24) is 15.3 Å². The minimum atomic E-state index is -0.416. The average molecular weight is 341 g/mol. The van der Waals surface area contributed by atoms with Gasteiger partial charge in [-0.05, 0) is 37.3 Å². The number of benzene rings is 1. The Balaban J connectivity index is 1.61. The number of amides is 1. The monoisotopic (exact) mass is 341 g/mol. The van der Waals surface area contributed by atoms with Crippen LogP contribution < -0.4 is 5.32 Å². The largest absolute Gasteiger partial charge is 0.352 e. The van der Waals surface area contributed by atoms with Crippen LogP contribution in [0.25, 0.3) is 10.7 Å². The second-order valence-corrected chi connectivity index (χ2v) is 6.34. The van der Waals surface area contributed by atoms with Gasteiger partial charge in [0.25, 0.3) is 5.91 Å². The first kappa shape index (κ1) is 16.3. The minimum absolute atomic E-state index is 0.276. The zero-order valence-corrected chi connectivity index (χ0v) is 13.9. The lowest BCUT2D eigenvalue weighted by Crippen LogP contribution is -2.25. The number of nitrogens with one attached hydrogen (secondary N) is 1. The molecule has 0 aliphatic carbocycles. The van der Waals surface area contributed by atoms with Crippen LogP contribution in [0.2, 0.25) is 0 Å². The summed E-state index contributed by atoms with van der Waals surface area (Å²) in [7, 11) is 0. The van der Waals surface area contributed by atoms with Crippen LogP contribution in [0.15, 0.2) is 48.7 Å².